The maximum Gasteiger partial charge on any atom is 0.503 e. The molecular weight excluding hydrogens is 140 g/mol. The first-order chi connectivity index (χ1) is 1.73. The molecule has 0 rings (SSSR count). The maximum atomic E-state index is 8.56. The minimum atomic E-state index is -1.83. The van der Waals surface area contributed by atoms with Crippen molar-refractivity contribution in [2.75, 3.05) is 0 Å². The van der Waals surface area contributed by atoms with Crippen LogP contribution in [0.25, 0.3) is 0 Å². The number of carboxylic acid groups (broad SMARTS) is 2. The zero-order chi connectivity index (χ0) is 3.58. The van der Waals surface area contributed by atoms with Crippen LogP contribution in [0.1, 0.15) is 0 Å². The molecule has 0 saturated carbocycles. The largest absolute Gasteiger partial charge is 0.503 e. The minimum Gasteiger partial charge on any atom is -0.450 e. The van der Waals surface area contributed by atoms with Gasteiger partial charge in [0.05, 0.1) is 0 Å². The number of rotatable bonds is 0. The van der Waals surface area contributed by atoms with Gasteiger partial charge in [0.15, 0.2) is 0 Å². The van der Waals surface area contributed by atoms with Gasteiger partial charge in [-0.1, -0.05) is 0 Å². The summed E-state index contributed by atoms with van der Waals surface area (Å²) in [7, 11) is 0. The first-order valence-corrected chi connectivity index (χ1v) is 0.651. The Morgan fingerprint density at radius 2 is 1.17 bits per heavy atom. The summed E-state index contributed by atoms with van der Waals surface area (Å²) in [5.41, 5.74) is 0. The molecule has 0 spiro atoms. The Morgan fingerprint density at radius 3 is 1.17 bits per heavy atom. The van der Waals surface area contributed by atoms with E-state index in [9.17, 15) is 0 Å². The van der Waals surface area contributed by atoms with Crippen LogP contribution >= 0.6 is 0 Å². The molecule has 0 fully saturated rings. The Balaban J connectivity index is -0.0000000450. The summed E-state index contributed by atoms with van der Waals surface area (Å²) in [5.74, 6) is 0. The summed E-state index contributed by atoms with van der Waals surface area (Å²) in [6.45, 7) is 0. The van der Waals surface area contributed by atoms with Gasteiger partial charge < -0.3 is 10.2 Å². The number of hydrogen-bond donors (Lipinski definition) is 2. The fourth-order valence-corrected chi connectivity index (χ4v) is 0. The van der Waals surface area contributed by atoms with Gasteiger partial charge in [-0.3, -0.25) is 0 Å². The van der Waals surface area contributed by atoms with Gasteiger partial charge in [0.25, 0.3) is 0 Å². The van der Waals surface area contributed by atoms with Crippen LogP contribution in [0.4, 0.5) is 4.79 Å². The van der Waals surface area contributed by atoms with Gasteiger partial charge in [-0.25, -0.2) is 4.79 Å². The monoisotopic (exact) mass is 142 g/mol. The molecule has 0 aliphatic carbocycles. The van der Waals surface area contributed by atoms with E-state index >= 15 is 0 Å². The number of hydrogen-bond acceptors (Lipinski definition) is 1. The number of carbonyl (C=O) groups is 1. The smallest absolute Gasteiger partial charge is 0.450 e. The van der Waals surface area contributed by atoms with E-state index in [0.717, 1.165) is 0 Å². The molecule has 5 heteroatoms. The fourth-order valence-electron chi connectivity index (χ4n) is 0. The van der Waals surface area contributed by atoms with E-state index in [1.54, 1.807) is 0 Å². The third-order valence-electron chi connectivity index (χ3n) is 0. The molecule has 0 heterocycles. The average Bonchev–Trinajstić information content (AvgIpc) is 0.811. The van der Waals surface area contributed by atoms with Crippen molar-refractivity contribution in [3.63, 3.8) is 0 Å². The molecule has 0 bridgehead atoms. The van der Waals surface area contributed by atoms with Crippen molar-refractivity contribution in [3.05, 3.63) is 0 Å². The standard InChI is InChI=1S/CH2O3.2Ca/c2-1(3)4;;/h(H2,2,3,4);;. The van der Waals surface area contributed by atoms with Gasteiger partial charge in [-0.05, 0) is 0 Å². The fraction of sp³-hybridized carbons (Fsp3) is 0. The Morgan fingerprint density at radius 1 is 1.17 bits per heavy atom. The van der Waals surface area contributed by atoms with Crippen molar-refractivity contribution >= 4 is 81.6 Å². The van der Waals surface area contributed by atoms with E-state index in [-0.39, 0.29) is 75.5 Å². The molecule has 0 unspecified atom stereocenters. The molecule has 6 heavy (non-hydrogen) atoms. The van der Waals surface area contributed by atoms with E-state index < -0.39 is 6.16 Å². The van der Waals surface area contributed by atoms with Gasteiger partial charge >= 0.3 is 6.16 Å². The molecule has 0 saturated heterocycles. The summed E-state index contributed by atoms with van der Waals surface area (Å²) in [6.07, 6.45) is -1.83. The maximum absolute atomic E-state index is 8.56. The van der Waals surface area contributed by atoms with Crippen LogP contribution in [0.15, 0.2) is 0 Å². The van der Waals surface area contributed by atoms with Gasteiger partial charge in [-0.15, -0.1) is 0 Å². The molecule has 0 aliphatic rings. The Kier molecular flexibility index (Phi) is 25.9. The van der Waals surface area contributed by atoms with Crippen molar-refractivity contribution in [2.45, 2.75) is 0 Å². The van der Waals surface area contributed by atoms with Crippen molar-refractivity contribution in [1.82, 2.24) is 0 Å². The van der Waals surface area contributed by atoms with E-state index in [1.165, 1.54) is 0 Å². The van der Waals surface area contributed by atoms with Crippen LogP contribution in [0.3, 0.4) is 0 Å². The predicted octanol–water partition coefficient (Wildman–Crippen LogP) is -0.539. The zero-order valence-electron chi connectivity index (χ0n) is 3.22. The van der Waals surface area contributed by atoms with Crippen LogP contribution in [0.5, 0.6) is 0 Å². The third kappa shape index (κ3) is 41.5. The van der Waals surface area contributed by atoms with E-state index in [4.69, 9.17) is 15.0 Å². The quantitative estimate of drug-likeness (QED) is 0.447. The van der Waals surface area contributed by atoms with E-state index in [0.29, 0.717) is 0 Å². The summed E-state index contributed by atoms with van der Waals surface area (Å²) in [6, 6.07) is 0. The van der Waals surface area contributed by atoms with Crippen LogP contribution in [0, 0.1) is 0 Å². The normalized spacial score (nSPS) is 4.00. The van der Waals surface area contributed by atoms with Crippen LogP contribution in [-0.2, 0) is 0 Å². The first-order valence-electron chi connectivity index (χ1n) is 0.651. The predicted molar refractivity (Wildman–Crippen MR) is 22.2 cm³/mol. The second-order valence-electron chi connectivity index (χ2n) is 0.283. The van der Waals surface area contributed by atoms with Gasteiger partial charge in [0.1, 0.15) is 0 Å². The summed E-state index contributed by atoms with van der Waals surface area (Å²) < 4.78 is 0. The summed E-state index contributed by atoms with van der Waals surface area (Å²) in [4.78, 5) is 8.56. The zero-order valence-corrected chi connectivity index (χ0v) is 7.63. The van der Waals surface area contributed by atoms with E-state index in [2.05, 4.69) is 0 Å². The molecule has 3 nitrogen and oxygen atoms in total. The summed E-state index contributed by atoms with van der Waals surface area (Å²) >= 11 is 0. The van der Waals surface area contributed by atoms with Gasteiger partial charge in [0, 0.05) is 75.5 Å². The average molecular weight is 142 g/mol. The third-order valence-corrected chi connectivity index (χ3v) is 0. The molecule has 0 aromatic heterocycles. The van der Waals surface area contributed by atoms with Crippen molar-refractivity contribution < 1.29 is 15.0 Å². The summed E-state index contributed by atoms with van der Waals surface area (Å²) in [5, 5.41) is 13.9. The molecule has 0 aromatic rings. The molecule has 0 atom stereocenters. The van der Waals surface area contributed by atoms with Gasteiger partial charge in [-0.2, -0.15) is 0 Å². The topological polar surface area (TPSA) is 57.5 Å². The van der Waals surface area contributed by atoms with Crippen LogP contribution in [-0.4, -0.2) is 91.8 Å². The molecule has 0 aliphatic heterocycles. The second kappa shape index (κ2) is 9.92. The Labute approximate surface area is 94.7 Å². The van der Waals surface area contributed by atoms with Gasteiger partial charge in [0.2, 0.25) is 0 Å². The molecule has 28 valence electrons. The first kappa shape index (κ1) is 15.7. The van der Waals surface area contributed by atoms with E-state index in [1.807, 2.05) is 0 Å². The second-order valence-corrected chi connectivity index (χ2v) is 0.283. The molecule has 0 amide bonds. The van der Waals surface area contributed by atoms with Crippen molar-refractivity contribution in [3.8, 4) is 0 Å². The molecule has 0 aromatic carbocycles. The van der Waals surface area contributed by atoms with Crippen LogP contribution in [0.2, 0.25) is 0 Å². The Bertz CT molecular complexity index is 31.8. The van der Waals surface area contributed by atoms with Crippen molar-refractivity contribution in [2.24, 2.45) is 0 Å². The van der Waals surface area contributed by atoms with Crippen molar-refractivity contribution in [1.29, 1.82) is 0 Å². The molecule has 4 radical (unpaired) electrons. The van der Waals surface area contributed by atoms with Crippen LogP contribution < -0.4 is 0 Å². The molecule has 2 N–H and O–H groups in total. The Hall–Kier alpha value is 1.79. The minimum absolute atomic E-state index is 0. The molecular formula is CH2Ca2O3. The SMILES string of the molecule is O=C(O)O.[Ca].[Ca].